The summed E-state index contributed by atoms with van der Waals surface area (Å²) in [6, 6.07) is 20.1. The van der Waals surface area contributed by atoms with E-state index in [0.717, 1.165) is 18.7 Å². The van der Waals surface area contributed by atoms with Gasteiger partial charge in [0.2, 0.25) is 0 Å². The minimum atomic E-state index is -0.695. The molecule has 25 heavy (non-hydrogen) atoms. The smallest absolute Gasteiger partial charge is 0.0991 e. The van der Waals surface area contributed by atoms with Crippen LogP contribution in [0.3, 0.4) is 0 Å². The molecule has 0 aliphatic carbocycles. The number of rotatable bonds is 6. The van der Waals surface area contributed by atoms with Gasteiger partial charge in [0.05, 0.1) is 17.2 Å². The lowest BCUT2D eigenvalue weighted by Crippen LogP contribution is -2.46. The highest BCUT2D eigenvalue weighted by molar-refractivity contribution is 5.31. The van der Waals surface area contributed by atoms with Crippen LogP contribution < -0.4 is 0 Å². The molecule has 0 atom stereocenters. The number of hydrogen-bond acceptors (Lipinski definition) is 4. The first-order chi connectivity index (χ1) is 12.2. The molecule has 0 radical (unpaired) electrons. The van der Waals surface area contributed by atoms with Crippen molar-refractivity contribution in [3.63, 3.8) is 0 Å². The van der Waals surface area contributed by atoms with E-state index in [4.69, 9.17) is 10.00 Å². The molecule has 3 rings (SSSR count). The third-order valence-electron chi connectivity index (χ3n) is 4.68. The Morgan fingerprint density at radius 3 is 2.16 bits per heavy atom. The molecular weight excluding hydrogens is 312 g/mol. The van der Waals surface area contributed by atoms with E-state index in [1.54, 1.807) is 0 Å². The Bertz CT molecular complexity index is 701. The second-order valence-corrected chi connectivity index (χ2v) is 6.78. The van der Waals surface area contributed by atoms with E-state index in [9.17, 15) is 5.11 Å². The quantitative estimate of drug-likeness (QED) is 0.881. The monoisotopic (exact) mass is 336 g/mol. The van der Waals surface area contributed by atoms with E-state index in [-0.39, 0.29) is 0 Å². The zero-order chi connectivity index (χ0) is 17.5. The zero-order valence-corrected chi connectivity index (χ0v) is 14.4. The van der Waals surface area contributed by atoms with Gasteiger partial charge in [0.1, 0.15) is 0 Å². The van der Waals surface area contributed by atoms with Crippen LogP contribution in [0, 0.1) is 11.3 Å². The van der Waals surface area contributed by atoms with Crippen molar-refractivity contribution in [2.24, 2.45) is 0 Å². The molecule has 4 heteroatoms. The minimum Gasteiger partial charge on any atom is -0.388 e. The summed E-state index contributed by atoms with van der Waals surface area (Å²) < 4.78 is 5.40. The number of ether oxygens (including phenoxy) is 1. The minimum absolute atomic E-state index is 0.616. The Morgan fingerprint density at radius 1 is 0.960 bits per heavy atom. The number of hydrogen-bond donors (Lipinski definition) is 1. The molecule has 0 bridgehead atoms. The Morgan fingerprint density at radius 2 is 1.56 bits per heavy atom. The number of aliphatic hydroxyl groups is 1. The van der Waals surface area contributed by atoms with Crippen molar-refractivity contribution in [1.29, 1.82) is 5.26 Å². The maximum absolute atomic E-state index is 10.9. The summed E-state index contributed by atoms with van der Waals surface area (Å²) in [5.74, 6) is 0. The number of benzene rings is 2. The summed E-state index contributed by atoms with van der Waals surface area (Å²) in [7, 11) is 0. The lowest BCUT2D eigenvalue weighted by atomic mass is 9.93. The standard InChI is InChI=1S/C21H24N2O2/c22-14-18-6-8-20(9-7-18)16-23(15-19-4-2-1-3-5-19)17-21(24)10-12-25-13-11-21/h1-9,24H,10-13,15-17H2. The van der Waals surface area contributed by atoms with E-state index >= 15 is 0 Å². The van der Waals surface area contributed by atoms with Crippen molar-refractivity contribution < 1.29 is 9.84 Å². The normalized spacial score (nSPS) is 16.5. The molecule has 0 unspecified atom stereocenters. The van der Waals surface area contributed by atoms with Crippen molar-refractivity contribution in [2.45, 2.75) is 31.5 Å². The molecule has 0 saturated carbocycles. The van der Waals surface area contributed by atoms with Gasteiger partial charge in [-0.05, 0) is 23.3 Å². The molecule has 1 aliphatic rings. The first-order valence-corrected chi connectivity index (χ1v) is 8.72. The molecule has 2 aromatic rings. The van der Waals surface area contributed by atoms with E-state index in [2.05, 4.69) is 23.1 Å². The predicted molar refractivity (Wildman–Crippen MR) is 96.7 cm³/mol. The van der Waals surface area contributed by atoms with Gasteiger partial charge in [-0.1, -0.05) is 42.5 Å². The topological polar surface area (TPSA) is 56.5 Å². The van der Waals surface area contributed by atoms with Crippen molar-refractivity contribution in [2.75, 3.05) is 19.8 Å². The van der Waals surface area contributed by atoms with Crippen LogP contribution >= 0.6 is 0 Å². The predicted octanol–water partition coefficient (Wildman–Crippen LogP) is 3.10. The van der Waals surface area contributed by atoms with Gasteiger partial charge in [-0.3, -0.25) is 4.90 Å². The molecule has 130 valence electrons. The highest BCUT2D eigenvalue weighted by atomic mass is 16.5. The van der Waals surface area contributed by atoms with Gasteiger partial charge in [-0.25, -0.2) is 0 Å². The number of nitriles is 1. The fourth-order valence-electron chi connectivity index (χ4n) is 3.28. The molecule has 2 aromatic carbocycles. The molecule has 0 amide bonds. The first-order valence-electron chi connectivity index (χ1n) is 8.72. The van der Waals surface area contributed by atoms with E-state index in [1.165, 1.54) is 5.56 Å². The van der Waals surface area contributed by atoms with Crippen molar-refractivity contribution in [3.8, 4) is 6.07 Å². The molecule has 0 aromatic heterocycles. The average molecular weight is 336 g/mol. The highest BCUT2D eigenvalue weighted by Crippen LogP contribution is 2.24. The van der Waals surface area contributed by atoms with Crippen LogP contribution in [-0.2, 0) is 17.8 Å². The van der Waals surface area contributed by atoms with Gasteiger partial charge in [0.25, 0.3) is 0 Å². The fourth-order valence-corrected chi connectivity index (χ4v) is 3.28. The Hall–Kier alpha value is -2.19. The van der Waals surface area contributed by atoms with Crippen molar-refractivity contribution in [1.82, 2.24) is 4.90 Å². The van der Waals surface area contributed by atoms with Crippen molar-refractivity contribution in [3.05, 3.63) is 71.3 Å². The maximum atomic E-state index is 10.9. The molecule has 1 heterocycles. The largest absolute Gasteiger partial charge is 0.388 e. The van der Waals surface area contributed by atoms with Crippen LogP contribution in [0.15, 0.2) is 54.6 Å². The van der Waals surface area contributed by atoms with Crippen LogP contribution in [0.4, 0.5) is 0 Å². The van der Waals surface area contributed by atoms with Gasteiger partial charge < -0.3 is 9.84 Å². The Kier molecular flexibility index (Phi) is 5.83. The third-order valence-corrected chi connectivity index (χ3v) is 4.68. The van der Waals surface area contributed by atoms with E-state index in [1.807, 2.05) is 42.5 Å². The maximum Gasteiger partial charge on any atom is 0.0991 e. The lowest BCUT2D eigenvalue weighted by molar-refractivity contribution is -0.0821. The highest BCUT2D eigenvalue weighted by Gasteiger charge is 2.32. The summed E-state index contributed by atoms with van der Waals surface area (Å²) in [4.78, 5) is 2.28. The summed E-state index contributed by atoms with van der Waals surface area (Å²) >= 11 is 0. The Balaban J connectivity index is 1.74. The summed E-state index contributed by atoms with van der Waals surface area (Å²) in [5.41, 5.74) is 2.35. The first kappa shape index (κ1) is 17.6. The van der Waals surface area contributed by atoms with Crippen LogP contribution in [0.5, 0.6) is 0 Å². The van der Waals surface area contributed by atoms with Gasteiger partial charge in [0, 0.05) is 45.7 Å². The zero-order valence-electron chi connectivity index (χ0n) is 14.4. The summed E-state index contributed by atoms with van der Waals surface area (Å²) in [6.07, 6.45) is 1.34. The molecule has 4 nitrogen and oxygen atoms in total. The van der Waals surface area contributed by atoms with E-state index in [0.29, 0.717) is 38.2 Å². The van der Waals surface area contributed by atoms with Crippen molar-refractivity contribution >= 4 is 0 Å². The van der Waals surface area contributed by atoms with E-state index < -0.39 is 5.60 Å². The van der Waals surface area contributed by atoms with Crippen LogP contribution in [-0.4, -0.2) is 35.4 Å². The van der Waals surface area contributed by atoms with Gasteiger partial charge in [-0.2, -0.15) is 5.26 Å². The van der Waals surface area contributed by atoms with Crippen LogP contribution in [0.2, 0.25) is 0 Å². The fraction of sp³-hybridized carbons (Fsp3) is 0.381. The lowest BCUT2D eigenvalue weighted by Gasteiger charge is -2.37. The third kappa shape index (κ3) is 5.14. The molecule has 1 saturated heterocycles. The second kappa shape index (κ2) is 8.26. The van der Waals surface area contributed by atoms with Crippen LogP contribution in [0.1, 0.15) is 29.5 Å². The molecular formula is C21H24N2O2. The van der Waals surface area contributed by atoms with Gasteiger partial charge in [-0.15, -0.1) is 0 Å². The number of nitrogens with zero attached hydrogens (tertiary/aromatic N) is 2. The molecule has 1 N–H and O–H groups in total. The van der Waals surface area contributed by atoms with Gasteiger partial charge in [0.15, 0.2) is 0 Å². The average Bonchev–Trinajstić information content (AvgIpc) is 2.63. The van der Waals surface area contributed by atoms with Gasteiger partial charge >= 0.3 is 0 Å². The SMILES string of the molecule is N#Cc1ccc(CN(Cc2ccccc2)CC2(O)CCOCC2)cc1. The summed E-state index contributed by atoms with van der Waals surface area (Å²) in [6.45, 7) is 3.37. The summed E-state index contributed by atoms with van der Waals surface area (Å²) in [5, 5.41) is 19.9. The molecule has 0 spiro atoms. The molecule has 1 fully saturated rings. The van der Waals surface area contributed by atoms with Crippen LogP contribution in [0.25, 0.3) is 0 Å². The Labute approximate surface area is 149 Å². The second-order valence-electron chi connectivity index (χ2n) is 6.78. The molecule has 1 aliphatic heterocycles.